The third-order valence-corrected chi connectivity index (χ3v) is 5.55. The second-order valence-corrected chi connectivity index (χ2v) is 8.28. The molecule has 2 aromatic carbocycles. The number of benzene rings is 2. The maximum atomic E-state index is 12.1. The van der Waals surface area contributed by atoms with Crippen molar-refractivity contribution in [2.24, 2.45) is 5.41 Å². The van der Waals surface area contributed by atoms with E-state index in [1.165, 1.54) is 11.1 Å². The van der Waals surface area contributed by atoms with Crippen molar-refractivity contribution in [3.05, 3.63) is 59.2 Å². The number of Topliss-reactive ketones (excluding diaryl/α,β-unsaturated/α-hetero) is 1. The number of hydrogen-bond acceptors (Lipinski definition) is 3. The number of carbonyl (C=O) groups excluding carboxylic acids is 1. The van der Waals surface area contributed by atoms with Gasteiger partial charge >= 0.3 is 0 Å². The molecule has 0 atom stereocenters. The second-order valence-electron chi connectivity index (χ2n) is 8.28. The van der Waals surface area contributed by atoms with Gasteiger partial charge in [0.05, 0.1) is 0 Å². The zero-order chi connectivity index (χ0) is 20.2. The Morgan fingerprint density at radius 1 is 0.963 bits per heavy atom. The molecule has 2 rings (SSSR count). The Morgan fingerprint density at radius 2 is 1.52 bits per heavy atom. The van der Waals surface area contributed by atoms with E-state index >= 15 is 0 Å². The van der Waals surface area contributed by atoms with E-state index in [1.54, 1.807) is 12.1 Å². The lowest BCUT2D eigenvalue weighted by Gasteiger charge is -2.34. The molecule has 0 saturated carbocycles. The van der Waals surface area contributed by atoms with Crippen LogP contribution in [0.3, 0.4) is 0 Å². The predicted molar refractivity (Wildman–Crippen MR) is 111 cm³/mol. The first kappa shape index (κ1) is 21.0. The van der Waals surface area contributed by atoms with Crippen LogP contribution < -0.4 is 4.74 Å². The first-order chi connectivity index (χ1) is 12.6. The lowest BCUT2D eigenvalue weighted by molar-refractivity contribution is -0.128. The first-order valence-electron chi connectivity index (χ1n) is 9.70. The maximum Gasteiger partial charge on any atom is 0.175 e. The summed E-state index contributed by atoms with van der Waals surface area (Å²) in [6.07, 6.45) is 1.91. The summed E-state index contributed by atoms with van der Waals surface area (Å²) in [5.74, 6) is 1.12. The Bertz CT molecular complexity index is 778. The van der Waals surface area contributed by atoms with E-state index in [4.69, 9.17) is 4.74 Å². The van der Waals surface area contributed by atoms with Crippen LogP contribution in [0.2, 0.25) is 0 Å². The molecule has 0 spiro atoms. The van der Waals surface area contributed by atoms with Crippen molar-refractivity contribution >= 4 is 5.78 Å². The number of phenolic OH excluding ortho intramolecular Hbond substituents is 1. The lowest BCUT2D eigenvalue weighted by Crippen LogP contribution is -2.27. The minimum absolute atomic E-state index is 0.0894. The van der Waals surface area contributed by atoms with Crippen molar-refractivity contribution in [3.63, 3.8) is 0 Å². The van der Waals surface area contributed by atoms with Gasteiger partial charge in [-0.25, -0.2) is 0 Å². The Morgan fingerprint density at radius 3 is 2.00 bits per heavy atom. The largest absolute Gasteiger partial charge is 0.508 e. The molecule has 0 aliphatic carbocycles. The molecular formula is C24H32O3. The molecule has 0 amide bonds. The topological polar surface area (TPSA) is 46.5 Å². The Balaban J connectivity index is 2.33. The van der Waals surface area contributed by atoms with Crippen molar-refractivity contribution in [1.82, 2.24) is 0 Å². The highest BCUT2D eigenvalue weighted by molar-refractivity contribution is 5.85. The lowest BCUT2D eigenvalue weighted by atomic mass is 9.70. The van der Waals surface area contributed by atoms with Gasteiger partial charge in [0.2, 0.25) is 0 Å². The number of rotatable bonds is 7. The Hall–Kier alpha value is -2.29. The summed E-state index contributed by atoms with van der Waals surface area (Å²) in [4.78, 5) is 12.1. The number of hydrogen-bond donors (Lipinski definition) is 1. The maximum absolute atomic E-state index is 12.1. The average Bonchev–Trinajstić information content (AvgIpc) is 2.62. The summed E-state index contributed by atoms with van der Waals surface area (Å²) >= 11 is 0. The van der Waals surface area contributed by atoms with Gasteiger partial charge in [0.25, 0.3) is 0 Å². The quantitative estimate of drug-likeness (QED) is 0.672. The molecule has 2 aromatic rings. The van der Waals surface area contributed by atoms with Gasteiger partial charge in [0.15, 0.2) is 5.78 Å². The third-order valence-electron chi connectivity index (χ3n) is 5.55. The number of ketones is 1. The van der Waals surface area contributed by atoms with E-state index in [0.29, 0.717) is 0 Å². The monoisotopic (exact) mass is 368 g/mol. The molecule has 146 valence electrons. The van der Waals surface area contributed by atoms with Gasteiger partial charge in [-0.1, -0.05) is 58.9 Å². The Labute approximate surface area is 163 Å². The van der Waals surface area contributed by atoms with Gasteiger partial charge in [0, 0.05) is 10.8 Å². The number of carbonyl (C=O) groups is 1. The second kappa shape index (κ2) is 8.16. The van der Waals surface area contributed by atoms with Crippen LogP contribution in [-0.2, 0) is 10.2 Å². The van der Waals surface area contributed by atoms with E-state index in [2.05, 4.69) is 26.0 Å². The summed E-state index contributed by atoms with van der Waals surface area (Å²) in [6.45, 7) is 12.2. The van der Waals surface area contributed by atoms with E-state index in [1.807, 2.05) is 45.9 Å². The van der Waals surface area contributed by atoms with E-state index in [0.717, 1.165) is 24.2 Å². The van der Waals surface area contributed by atoms with Crippen LogP contribution in [0.4, 0.5) is 0 Å². The molecular weight excluding hydrogens is 336 g/mol. The third kappa shape index (κ3) is 4.52. The van der Waals surface area contributed by atoms with Gasteiger partial charge in [-0.15, -0.1) is 0 Å². The zero-order valence-electron chi connectivity index (χ0n) is 17.4. The molecule has 0 bridgehead atoms. The number of ether oxygens (including phenoxy) is 1. The fourth-order valence-electron chi connectivity index (χ4n) is 3.48. The van der Waals surface area contributed by atoms with Crippen molar-refractivity contribution in [3.8, 4) is 11.5 Å². The van der Waals surface area contributed by atoms with E-state index < -0.39 is 5.41 Å². The van der Waals surface area contributed by atoms with Crippen LogP contribution in [0.5, 0.6) is 11.5 Å². The van der Waals surface area contributed by atoms with Gasteiger partial charge in [-0.05, 0) is 54.7 Å². The minimum atomic E-state index is -0.397. The molecule has 1 N–H and O–H groups in total. The highest BCUT2D eigenvalue weighted by Gasteiger charge is 2.31. The van der Waals surface area contributed by atoms with Gasteiger partial charge in [-0.2, -0.15) is 0 Å². The van der Waals surface area contributed by atoms with Crippen molar-refractivity contribution < 1.29 is 14.6 Å². The SMILES string of the molecule is CCC(CC)(c1ccc(O)cc1)c1ccc(OCC(=O)C(C)(C)C)c(C)c1. The van der Waals surface area contributed by atoms with Gasteiger partial charge in [0.1, 0.15) is 18.1 Å². The van der Waals surface area contributed by atoms with E-state index in [9.17, 15) is 9.90 Å². The van der Waals surface area contributed by atoms with Gasteiger partial charge < -0.3 is 9.84 Å². The fraction of sp³-hybridized carbons (Fsp3) is 0.458. The number of phenols is 1. The highest BCUT2D eigenvalue weighted by Crippen LogP contribution is 2.40. The first-order valence-corrected chi connectivity index (χ1v) is 9.70. The fourth-order valence-corrected chi connectivity index (χ4v) is 3.48. The van der Waals surface area contributed by atoms with Crippen molar-refractivity contribution in [1.29, 1.82) is 0 Å². The molecule has 0 fully saturated rings. The smallest absolute Gasteiger partial charge is 0.175 e. The average molecular weight is 369 g/mol. The zero-order valence-corrected chi connectivity index (χ0v) is 17.4. The summed E-state index contributed by atoms with van der Waals surface area (Å²) in [5, 5.41) is 9.64. The van der Waals surface area contributed by atoms with Gasteiger partial charge in [-0.3, -0.25) is 4.79 Å². The molecule has 0 heterocycles. The normalized spacial score (nSPS) is 12.1. The Kier molecular flexibility index (Phi) is 6.35. The molecule has 0 aliphatic heterocycles. The molecule has 0 saturated heterocycles. The van der Waals surface area contributed by atoms with Crippen molar-refractivity contribution in [2.45, 2.75) is 59.8 Å². The summed E-state index contributed by atoms with van der Waals surface area (Å²) in [7, 11) is 0. The standard InChI is InChI=1S/C24H32O3/c1-7-24(8-2,18-9-12-20(25)13-10-18)19-11-14-21(17(3)15-19)27-16-22(26)23(4,5)6/h9-15,25H,7-8,16H2,1-6H3. The summed E-state index contributed by atoms with van der Waals surface area (Å²) < 4.78 is 5.80. The molecule has 0 radical (unpaired) electrons. The summed E-state index contributed by atoms with van der Waals surface area (Å²) in [5.41, 5.74) is 2.94. The molecule has 3 heteroatoms. The summed E-state index contributed by atoms with van der Waals surface area (Å²) in [6, 6.07) is 13.7. The van der Waals surface area contributed by atoms with Crippen LogP contribution >= 0.6 is 0 Å². The molecule has 0 aromatic heterocycles. The van der Waals surface area contributed by atoms with Crippen LogP contribution in [-0.4, -0.2) is 17.5 Å². The number of aromatic hydroxyl groups is 1. The molecule has 27 heavy (non-hydrogen) atoms. The van der Waals surface area contributed by atoms with Crippen LogP contribution in [0.1, 0.15) is 64.2 Å². The van der Waals surface area contributed by atoms with Crippen LogP contribution in [0.25, 0.3) is 0 Å². The molecule has 0 aliphatic rings. The predicted octanol–water partition coefficient (Wildman–Crippen LogP) is 5.80. The van der Waals surface area contributed by atoms with Crippen molar-refractivity contribution in [2.75, 3.05) is 6.61 Å². The minimum Gasteiger partial charge on any atom is -0.508 e. The van der Waals surface area contributed by atoms with Crippen LogP contribution in [0, 0.1) is 12.3 Å². The molecule has 0 unspecified atom stereocenters. The number of aryl methyl sites for hydroxylation is 1. The highest BCUT2D eigenvalue weighted by atomic mass is 16.5. The van der Waals surface area contributed by atoms with E-state index in [-0.39, 0.29) is 23.6 Å². The van der Waals surface area contributed by atoms with Crippen LogP contribution in [0.15, 0.2) is 42.5 Å². The molecule has 3 nitrogen and oxygen atoms in total.